The van der Waals surface area contributed by atoms with E-state index in [1.165, 1.54) is 11.8 Å². The molecule has 1 heterocycles. The number of hydrogen-bond acceptors (Lipinski definition) is 4. The number of methoxy groups -OCH3 is 1. The molecule has 0 radical (unpaired) electrons. The third kappa shape index (κ3) is 4.78. The molecule has 1 fully saturated rings. The van der Waals surface area contributed by atoms with Crippen LogP contribution in [0.5, 0.6) is 5.75 Å². The van der Waals surface area contributed by atoms with E-state index >= 15 is 0 Å². The van der Waals surface area contributed by atoms with E-state index in [-0.39, 0.29) is 5.91 Å². The van der Waals surface area contributed by atoms with Gasteiger partial charge in [-0.25, -0.2) is 0 Å². The maximum absolute atomic E-state index is 12.5. The number of anilines is 1. The molecule has 0 atom stereocenters. The minimum atomic E-state index is 0.122. The van der Waals surface area contributed by atoms with E-state index in [2.05, 4.69) is 11.0 Å². The van der Waals surface area contributed by atoms with Crippen LogP contribution in [-0.4, -0.2) is 49.8 Å². The lowest BCUT2D eigenvalue weighted by Crippen LogP contribution is -2.49. The topological polar surface area (TPSA) is 32.8 Å². The molecule has 0 aromatic heterocycles. The first-order chi connectivity index (χ1) is 12.6. The fourth-order valence-electron chi connectivity index (χ4n) is 2.84. The van der Waals surface area contributed by atoms with E-state index < -0.39 is 0 Å². The Morgan fingerprint density at radius 3 is 2.62 bits per heavy atom. The minimum Gasteiger partial charge on any atom is -0.497 e. The Kier molecular flexibility index (Phi) is 6.57. The highest BCUT2D eigenvalue weighted by Gasteiger charge is 2.21. The van der Waals surface area contributed by atoms with Crippen LogP contribution in [0.3, 0.4) is 0 Å². The number of hydrogen-bond donors (Lipinski definition) is 0. The molecule has 3 rings (SSSR count). The molecule has 0 N–H and O–H groups in total. The van der Waals surface area contributed by atoms with Crippen LogP contribution in [-0.2, 0) is 4.79 Å². The molecular formula is C19H20Cl2N2O2S. The summed E-state index contributed by atoms with van der Waals surface area (Å²) in [5, 5.41) is 1.24. The molecule has 4 nitrogen and oxygen atoms in total. The summed E-state index contributed by atoms with van der Waals surface area (Å²) in [5.41, 5.74) is 1.12. The summed E-state index contributed by atoms with van der Waals surface area (Å²) in [6.45, 7) is 3.03. The maximum atomic E-state index is 12.5. The molecule has 1 amide bonds. The van der Waals surface area contributed by atoms with Gasteiger partial charge in [0.1, 0.15) is 5.75 Å². The Labute approximate surface area is 168 Å². The molecule has 0 saturated carbocycles. The molecule has 1 aliphatic heterocycles. The number of ether oxygens (including phenoxy) is 1. The number of amides is 1. The van der Waals surface area contributed by atoms with E-state index in [0.29, 0.717) is 28.9 Å². The van der Waals surface area contributed by atoms with Gasteiger partial charge in [0.15, 0.2) is 0 Å². The van der Waals surface area contributed by atoms with E-state index in [4.69, 9.17) is 27.9 Å². The third-order valence-electron chi connectivity index (χ3n) is 4.30. The van der Waals surface area contributed by atoms with Crippen molar-refractivity contribution < 1.29 is 9.53 Å². The number of thioether (sulfide) groups is 1. The lowest BCUT2D eigenvalue weighted by Gasteiger charge is -2.36. The van der Waals surface area contributed by atoms with Gasteiger partial charge in [0.05, 0.1) is 17.9 Å². The number of nitrogens with zero attached hydrogens (tertiary/aromatic N) is 2. The van der Waals surface area contributed by atoms with Crippen LogP contribution >= 0.6 is 35.0 Å². The Balaban J connectivity index is 1.52. The summed E-state index contributed by atoms with van der Waals surface area (Å²) in [6.07, 6.45) is 0. The predicted octanol–water partition coefficient (Wildman–Crippen LogP) is 4.44. The molecule has 2 aromatic carbocycles. The summed E-state index contributed by atoms with van der Waals surface area (Å²) < 4.78 is 5.28. The van der Waals surface area contributed by atoms with Crippen molar-refractivity contribution in [1.29, 1.82) is 0 Å². The zero-order chi connectivity index (χ0) is 18.5. The molecule has 1 saturated heterocycles. The van der Waals surface area contributed by atoms with Gasteiger partial charge in [0.2, 0.25) is 5.91 Å². The molecule has 0 unspecified atom stereocenters. The van der Waals surface area contributed by atoms with Crippen molar-refractivity contribution in [2.75, 3.05) is 43.9 Å². The molecule has 1 aliphatic rings. The molecule has 2 aromatic rings. The van der Waals surface area contributed by atoms with Crippen LogP contribution in [0.1, 0.15) is 0 Å². The summed E-state index contributed by atoms with van der Waals surface area (Å²) in [7, 11) is 1.67. The van der Waals surface area contributed by atoms with Crippen molar-refractivity contribution in [3.05, 3.63) is 52.5 Å². The first-order valence-corrected chi connectivity index (χ1v) is 10.1. The molecule has 0 bridgehead atoms. The van der Waals surface area contributed by atoms with Crippen LogP contribution in [0.15, 0.2) is 47.4 Å². The second kappa shape index (κ2) is 8.89. The fourth-order valence-corrected chi connectivity index (χ4v) is 4.24. The minimum absolute atomic E-state index is 0.122. The van der Waals surface area contributed by atoms with Crippen molar-refractivity contribution in [3.8, 4) is 5.75 Å². The van der Waals surface area contributed by atoms with Crippen molar-refractivity contribution in [2.45, 2.75) is 4.90 Å². The number of benzene rings is 2. The monoisotopic (exact) mass is 410 g/mol. The van der Waals surface area contributed by atoms with Crippen molar-refractivity contribution in [3.63, 3.8) is 0 Å². The average Bonchev–Trinajstić information content (AvgIpc) is 2.68. The van der Waals surface area contributed by atoms with Crippen LogP contribution in [0.4, 0.5) is 5.69 Å². The fraction of sp³-hybridized carbons (Fsp3) is 0.316. The van der Waals surface area contributed by atoms with Crippen molar-refractivity contribution in [1.82, 2.24) is 4.90 Å². The van der Waals surface area contributed by atoms with Crippen LogP contribution in [0.2, 0.25) is 10.0 Å². The van der Waals surface area contributed by atoms with E-state index in [9.17, 15) is 4.79 Å². The van der Waals surface area contributed by atoms with Crippen LogP contribution in [0.25, 0.3) is 0 Å². The molecule has 7 heteroatoms. The average molecular weight is 411 g/mol. The first kappa shape index (κ1) is 19.2. The van der Waals surface area contributed by atoms with E-state index in [0.717, 1.165) is 29.4 Å². The van der Waals surface area contributed by atoms with Gasteiger partial charge in [-0.3, -0.25) is 4.79 Å². The zero-order valence-electron chi connectivity index (χ0n) is 14.5. The number of rotatable bonds is 5. The highest BCUT2D eigenvalue weighted by Crippen LogP contribution is 2.30. The maximum Gasteiger partial charge on any atom is 0.233 e. The van der Waals surface area contributed by atoms with Gasteiger partial charge in [0, 0.05) is 47.9 Å². The molecule has 0 spiro atoms. The number of halogens is 2. The highest BCUT2D eigenvalue weighted by atomic mass is 35.5. The van der Waals surface area contributed by atoms with Gasteiger partial charge < -0.3 is 14.5 Å². The number of carbonyl (C=O) groups is 1. The summed E-state index contributed by atoms with van der Waals surface area (Å²) in [5.74, 6) is 1.33. The van der Waals surface area contributed by atoms with E-state index in [1.807, 2.05) is 23.1 Å². The highest BCUT2D eigenvalue weighted by molar-refractivity contribution is 8.00. The Morgan fingerprint density at radius 2 is 1.88 bits per heavy atom. The molecular weight excluding hydrogens is 391 g/mol. The van der Waals surface area contributed by atoms with Gasteiger partial charge in [-0.05, 0) is 30.3 Å². The second-order valence-corrected chi connectivity index (χ2v) is 7.79. The predicted molar refractivity (Wildman–Crippen MR) is 109 cm³/mol. The largest absolute Gasteiger partial charge is 0.497 e. The number of piperazine rings is 1. The van der Waals surface area contributed by atoms with Gasteiger partial charge >= 0.3 is 0 Å². The molecule has 26 heavy (non-hydrogen) atoms. The normalized spacial score (nSPS) is 14.4. The summed E-state index contributed by atoms with van der Waals surface area (Å²) in [6, 6.07) is 13.3. The zero-order valence-corrected chi connectivity index (χ0v) is 16.8. The van der Waals surface area contributed by atoms with Gasteiger partial charge in [-0.15, -0.1) is 11.8 Å². The lowest BCUT2D eigenvalue weighted by molar-refractivity contribution is -0.128. The third-order valence-corrected chi connectivity index (χ3v) is 6.01. The summed E-state index contributed by atoms with van der Waals surface area (Å²) in [4.78, 5) is 17.5. The van der Waals surface area contributed by atoms with Gasteiger partial charge in [-0.2, -0.15) is 0 Å². The van der Waals surface area contributed by atoms with Crippen LogP contribution < -0.4 is 9.64 Å². The quantitative estimate of drug-likeness (QED) is 0.681. The second-order valence-electron chi connectivity index (χ2n) is 5.93. The van der Waals surface area contributed by atoms with E-state index in [1.54, 1.807) is 25.3 Å². The SMILES string of the molecule is COc1cccc(N2CCN(C(=O)CSc3cc(Cl)ccc3Cl)CC2)c1. The van der Waals surface area contributed by atoms with Crippen LogP contribution in [0, 0.1) is 0 Å². The van der Waals surface area contributed by atoms with Gasteiger partial charge in [-0.1, -0.05) is 29.3 Å². The molecule has 0 aliphatic carbocycles. The Bertz CT molecular complexity index is 780. The standard InChI is InChI=1S/C19H20Cl2N2O2S/c1-25-16-4-2-3-15(12-16)22-7-9-23(10-8-22)19(24)13-26-18-11-14(20)5-6-17(18)21/h2-6,11-12H,7-10,13H2,1H3. The Morgan fingerprint density at radius 1 is 1.12 bits per heavy atom. The summed E-state index contributed by atoms with van der Waals surface area (Å²) >= 11 is 13.6. The van der Waals surface area contributed by atoms with Crippen molar-refractivity contribution in [2.24, 2.45) is 0 Å². The molecule has 138 valence electrons. The number of carbonyl (C=O) groups excluding carboxylic acids is 1. The van der Waals surface area contributed by atoms with Crippen molar-refractivity contribution >= 4 is 46.6 Å². The first-order valence-electron chi connectivity index (χ1n) is 8.31. The smallest absolute Gasteiger partial charge is 0.233 e. The van der Waals surface area contributed by atoms with Gasteiger partial charge in [0.25, 0.3) is 0 Å². The lowest BCUT2D eigenvalue weighted by atomic mass is 10.2. The Hall–Kier alpha value is -1.56.